The number of hydrogen-bond acceptors (Lipinski definition) is 3. The molecule has 0 aliphatic rings. The maximum absolute atomic E-state index is 11.9. The van der Waals surface area contributed by atoms with Crippen LogP contribution in [0.2, 0.25) is 0 Å². The molecule has 0 spiro atoms. The second-order valence-corrected chi connectivity index (χ2v) is 2.89. The van der Waals surface area contributed by atoms with Crippen molar-refractivity contribution >= 4 is 0 Å². The van der Waals surface area contributed by atoms with Gasteiger partial charge in [0.25, 0.3) is 0 Å². The molecule has 13 heavy (non-hydrogen) atoms. The molecule has 1 unspecified atom stereocenters. The molecule has 3 nitrogen and oxygen atoms in total. The molecule has 0 aliphatic heterocycles. The quantitative estimate of drug-likeness (QED) is 0.666. The fraction of sp³-hybridized carbons (Fsp3) is 1.00. The average Bonchev–Trinajstić information content (AvgIpc) is 2.00. The first-order valence-electron chi connectivity index (χ1n) is 4.04. The second-order valence-electron chi connectivity index (χ2n) is 2.89. The molecule has 0 aromatic rings. The number of likely N-dealkylation sites (N-methyl/N-ethyl adjacent to an activating group) is 1. The van der Waals surface area contributed by atoms with Gasteiger partial charge in [0.05, 0.1) is 13.2 Å². The van der Waals surface area contributed by atoms with Crippen LogP contribution in [0.5, 0.6) is 0 Å². The van der Waals surface area contributed by atoms with Crippen LogP contribution >= 0.6 is 0 Å². The summed E-state index contributed by atoms with van der Waals surface area (Å²) in [6.45, 7) is 0.682. The Morgan fingerprint density at radius 2 is 2.00 bits per heavy atom. The number of nitrogens with two attached hydrogens (primary N) is 1. The van der Waals surface area contributed by atoms with Crippen LogP contribution in [0.15, 0.2) is 0 Å². The maximum atomic E-state index is 11.9. The minimum atomic E-state index is -4.20. The first kappa shape index (κ1) is 12.7. The van der Waals surface area contributed by atoms with Crippen molar-refractivity contribution in [2.24, 2.45) is 5.73 Å². The van der Waals surface area contributed by atoms with Gasteiger partial charge in [0.1, 0.15) is 0 Å². The number of halogens is 3. The molecule has 6 heteroatoms. The highest BCUT2D eigenvalue weighted by Gasteiger charge is 2.30. The molecular formula is C7H15F3N2O. The first-order valence-corrected chi connectivity index (χ1v) is 4.04. The minimum absolute atomic E-state index is 0.0620. The summed E-state index contributed by atoms with van der Waals surface area (Å²) < 4.78 is 35.7. The van der Waals surface area contributed by atoms with E-state index in [1.165, 1.54) is 0 Å². The van der Waals surface area contributed by atoms with Crippen LogP contribution in [0.1, 0.15) is 6.92 Å². The molecule has 0 saturated carbocycles. The van der Waals surface area contributed by atoms with Crippen LogP contribution in [-0.2, 0) is 0 Å². The van der Waals surface area contributed by atoms with Crippen LogP contribution in [0, 0.1) is 0 Å². The van der Waals surface area contributed by atoms with E-state index in [-0.39, 0.29) is 19.7 Å². The van der Waals surface area contributed by atoms with Crippen molar-refractivity contribution in [2.75, 3.05) is 26.2 Å². The summed E-state index contributed by atoms with van der Waals surface area (Å²) in [5, 5.41) is 8.54. The van der Waals surface area contributed by atoms with Gasteiger partial charge < -0.3 is 10.8 Å². The molecule has 0 aromatic carbocycles. The summed E-state index contributed by atoms with van der Waals surface area (Å²) in [4.78, 5) is 1.15. The fourth-order valence-electron chi connectivity index (χ4n) is 0.948. The number of nitrogens with zero attached hydrogens (tertiary/aromatic N) is 1. The van der Waals surface area contributed by atoms with Crippen LogP contribution < -0.4 is 5.73 Å². The van der Waals surface area contributed by atoms with Gasteiger partial charge in [-0.05, 0) is 6.54 Å². The molecule has 0 heterocycles. The first-order chi connectivity index (χ1) is 5.89. The molecule has 0 saturated heterocycles. The summed E-state index contributed by atoms with van der Waals surface area (Å²) in [5.41, 5.74) is 5.31. The van der Waals surface area contributed by atoms with E-state index in [1.807, 2.05) is 0 Å². The monoisotopic (exact) mass is 200 g/mol. The van der Waals surface area contributed by atoms with Crippen molar-refractivity contribution < 1.29 is 18.3 Å². The van der Waals surface area contributed by atoms with Gasteiger partial charge >= 0.3 is 6.18 Å². The van der Waals surface area contributed by atoms with Crippen molar-refractivity contribution in [2.45, 2.75) is 19.1 Å². The van der Waals surface area contributed by atoms with Crippen LogP contribution in [0.3, 0.4) is 0 Å². The lowest BCUT2D eigenvalue weighted by Gasteiger charge is -2.24. The SMILES string of the molecule is CCN(CC(N)CO)CC(F)(F)F. The zero-order chi connectivity index (χ0) is 10.5. The molecule has 0 aliphatic carbocycles. The Hall–Kier alpha value is -0.330. The third-order valence-corrected chi connectivity index (χ3v) is 1.58. The molecule has 80 valence electrons. The molecule has 1 atom stereocenters. The van der Waals surface area contributed by atoms with E-state index in [1.54, 1.807) is 6.92 Å². The Labute approximate surface area is 75.3 Å². The number of rotatable bonds is 5. The summed E-state index contributed by atoms with van der Waals surface area (Å²) >= 11 is 0. The van der Waals surface area contributed by atoms with E-state index >= 15 is 0 Å². The average molecular weight is 200 g/mol. The maximum Gasteiger partial charge on any atom is 0.401 e. The Balaban J connectivity index is 3.89. The van der Waals surface area contributed by atoms with Crippen molar-refractivity contribution in [3.05, 3.63) is 0 Å². The summed E-state index contributed by atoms with van der Waals surface area (Å²) in [5.74, 6) is 0. The Morgan fingerprint density at radius 3 is 2.31 bits per heavy atom. The summed E-state index contributed by atoms with van der Waals surface area (Å²) in [6, 6.07) is -0.609. The lowest BCUT2D eigenvalue weighted by Crippen LogP contribution is -2.43. The summed E-state index contributed by atoms with van der Waals surface area (Å²) in [7, 11) is 0. The number of hydrogen-bond donors (Lipinski definition) is 2. The fourth-order valence-corrected chi connectivity index (χ4v) is 0.948. The van der Waals surface area contributed by atoms with E-state index in [2.05, 4.69) is 0 Å². The number of aliphatic hydroxyl groups is 1. The number of aliphatic hydroxyl groups excluding tert-OH is 1. The van der Waals surface area contributed by atoms with E-state index in [0.29, 0.717) is 0 Å². The number of alkyl halides is 3. The normalized spacial score (nSPS) is 15.0. The predicted molar refractivity (Wildman–Crippen MR) is 43.2 cm³/mol. The van der Waals surface area contributed by atoms with Crippen molar-refractivity contribution in [1.82, 2.24) is 4.90 Å². The standard InChI is InChI=1S/C7H15F3N2O/c1-2-12(3-6(11)4-13)5-7(8,9)10/h6,13H,2-5,11H2,1H3. The predicted octanol–water partition coefficient (Wildman–Crippen LogP) is 0.190. The van der Waals surface area contributed by atoms with Crippen molar-refractivity contribution in [3.8, 4) is 0 Å². The molecule has 0 bridgehead atoms. The third-order valence-electron chi connectivity index (χ3n) is 1.58. The van der Waals surface area contributed by atoms with Gasteiger partial charge in [-0.1, -0.05) is 6.92 Å². The lowest BCUT2D eigenvalue weighted by atomic mass is 10.3. The van der Waals surface area contributed by atoms with Crippen LogP contribution in [0.25, 0.3) is 0 Å². The highest BCUT2D eigenvalue weighted by Crippen LogP contribution is 2.16. The van der Waals surface area contributed by atoms with Gasteiger partial charge in [-0.25, -0.2) is 0 Å². The third kappa shape index (κ3) is 6.80. The van der Waals surface area contributed by atoms with E-state index in [0.717, 1.165) is 4.90 Å². The molecule has 0 amide bonds. The smallest absolute Gasteiger partial charge is 0.395 e. The molecule has 0 fully saturated rings. The summed E-state index contributed by atoms with van der Waals surface area (Å²) in [6.07, 6.45) is -4.20. The van der Waals surface area contributed by atoms with Gasteiger partial charge in [0, 0.05) is 12.6 Å². The van der Waals surface area contributed by atoms with Gasteiger partial charge in [-0.2, -0.15) is 13.2 Å². The van der Waals surface area contributed by atoms with Crippen LogP contribution in [0.4, 0.5) is 13.2 Å². The molecule has 0 radical (unpaired) electrons. The molecule has 0 rings (SSSR count). The van der Waals surface area contributed by atoms with Crippen molar-refractivity contribution in [3.63, 3.8) is 0 Å². The van der Waals surface area contributed by atoms with Crippen molar-refractivity contribution in [1.29, 1.82) is 0 Å². The Bertz CT molecular complexity index is 140. The minimum Gasteiger partial charge on any atom is -0.395 e. The topological polar surface area (TPSA) is 49.5 Å². The molecule has 3 N–H and O–H groups in total. The van der Waals surface area contributed by atoms with E-state index in [4.69, 9.17) is 10.8 Å². The van der Waals surface area contributed by atoms with Crippen LogP contribution in [-0.4, -0.2) is 48.5 Å². The van der Waals surface area contributed by atoms with Gasteiger partial charge in [-0.15, -0.1) is 0 Å². The van der Waals surface area contributed by atoms with Gasteiger partial charge in [0.2, 0.25) is 0 Å². The van der Waals surface area contributed by atoms with E-state index < -0.39 is 18.8 Å². The zero-order valence-corrected chi connectivity index (χ0v) is 7.51. The highest BCUT2D eigenvalue weighted by molar-refractivity contribution is 4.68. The Morgan fingerprint density at radius 1 is 1.46 bits per heavy atom. The van der Waals surface area contributed by atoms with E-state index in [9.17, 15) is 13.2 Å². The van der Waals surface area contributed by atoms with Gasteiger partial charge in [-0.3, -0.25) is 4.90 Å². The second kappa shape index (κ2) is 5.41. The molecule has 0 aromatic heterocycles. The zero-order valence-electron chi connectivity index (χ0n) is 7.51. The lowest BCUT2D eigenvalue weighted by molar-refractivity contribution is -0.146. The molecular weight excluding hydrogens is 185 g/mol. The highest BCUT2D eigenvalue weighted by atomic mass is 19.4. The Kier molecular flexibility index (Phi) is 5.27. The van der Waals surface area contributed by atoms with Gasteiger partial charge in [0.15, 0.2) is 0 Å². The largest absolute Gasteiger partial charge is 0.401 e.